The Morgan fingerprint density at radius 2 is 2.14 bits per heavy atom. The molecule has 196 valence electrons. The van der Waals surface area contributed by atoms with Crippen molar-refractivity contribution in [1.29, 1.82) is 0 Å². The molecule has 2 aliphatic rings. The standard InChI is InChI=1S/C19H22N10O5S3/c1-3-28-9(21)4-8(20)23-19(28)36-6-7-5-35-16-11(15(31)29(16)12(7)17(32)33)24-14(30)10(26-34-2)13-25-18(22)37-27-13/h4,11,16H,3,5-6H2,1-2H3,(H7,20,21,22,24,25,27,30,32,33)/b26-10-/t11?,16-/m1/s1. The molecule has 2 aromatic rings. The lowest BCUT2D eigenvalue weighted by Crippen LogP contribution is -2.71. The van der Waals surface area contributed by atoms with Crippen molar-refractivity contribution in [3.05, 3.63) is 23.2 Å². The Labute approximate surface area is 222 Å². The van der Waals surface area contributed by atoms with E-state index in [0.717, 1.165) is 16.4 Å². The first-order valence-corrected chi connectivity index (χ1v) is 13.4. The Hall–Kier alpha value is -3.64. The maximum absolute atomic E-state index is 13.0. The lowest BCUT2D eigenvalue weighted by molar-refractivity contribution is -0.719. The largest absolute Gasteiger partial charge is 0.543 e. The van der Waals surface area contributed by atoms with Gasteiger partial charge < -0.3 is 37.3 Å². The highest BCUT2D eigenvalue weighted by molar-refractivity contribution is 8.01. The quantitative estimate of drug-likeness (QED) is 0.0616. The molecule has 1 fully saturated rings. The van der Waals surface area contributed by atoms with Crippen molar-refractivity contribution in [2.45, 2.75) is 30.0 Å². The molecule has 0 spiro atoms. The maximum Gasteiger partial charge on any atom is 0.301 e. The van der Waals surface area contributed by atoms with Gasteiger partial charge in [-0.2, -0.15) is 9.36 Å². The van der Waals surface area contributed by atoms with Crippen LogP contribution in [0.2, 0.25) is 0 Å². The highest BCUT2D eigenvalue weighted by Crippen LogP contribution is 2.41. The number of hydrogen-bond donors (Lipinski definition) is 4. The van der Waals surface area contributed by atoms with E-state index in [0.29, 0.717) is 23.1 Å². The number of carboxylic acids is 1. The first-order chi connectivity index (χ1) is 17.7. The number of rotatable bonds is 9. The number of hydrogen-bond acceptors (Lipinski definition) is 15. The normalized spacial score (nSPS) is 19.4. The molecule has 1 unspecified atom stereocenters. The first kappa shape index (κ1) is 26.4. The molecule has 0 saturated carbocycles. The van der Waals surface area contributed by atoms with Crippen LogP contribution in [0.4, 0.5) is 16.8 Å². The minimum atomic E-state index is -1.49. The fraction of sp³-hybridized carbons (Fsp3) is 0.368. The van der Waals surface area contributed by atoms with Crippen molar-refractivity contribution in [2.75, 3.05) is 35.8 Å². The third kappa shape index (κ3) is 5.12. The third-order valence-electron chi connectivity index (χ3n) is 5.33. The molecule has 4 rings (SSSR count). The molecular weight excluding hydrogens is 544 g/mol. The minimum absolute atomic E-state index is 0.0588. The average molecular weight is 567 g/mol. The third-order valence-corrected chi connectivity index (χ3v) is 8.28. The number of fused-ring (bicyclic) bond motifs is 1. The smallest absolute Gasteiger partial charge is 0.301 e. The van der Waals surface area contributed by atoms with Gasteiger partial charge in [0.25, 0.3) is 11.8 Å². The summed E-state index contributed by atoms with van der Waals surface area (Å²) >= 11 is 3.41. The number of carbonyl (C=O) groups is 3. The van der Waals surface area contributed by atoms with Crippen LogP contribution < -0.4 is 32.2 Å². The van der Waals surface area contributed by atoms with Crippen molar-refractivity contribution in [3.8, 4) is 0 Å². The molecule has 0 aliphatic carbocycles. The number of β-lactam (4-membered cyclic amide) rings is 1. The van der Waals surface area contributed by atoms with Crippen molar-refractivity contribution in [2.24, 2.45) is 5.16 Å². The van der Waals surface area contributed by atoms with Crippen molar-refractivity contribution in [1.82, 2.24) is 24.6 Å². The van der Waals surface area contributed by atoms with Crippen LogP contribution in [0.3, 0.4) is 0 Å². The number of carbonyl (C=O) groups excluding carboxylic acids is 3. The van der Waals surface area contributed by atoms with E-state index in [1.54, 1.807) is 4.57 Å². The Bertz CT molecular complexity index is 1330. The van der Waals surface area contributed by atoms with E-state index in [1.165, 1.54) is 36.7 Å². The van der Waals surface area contributed by atoms with Gasteiger partial charge in [-0.1, -0.05) is 10.1 Å². The highest BCUT2D eigenvalue weighted by atomic mass is 32.2. The molecule has 2 aliphatic heterocycles. The number of oxime groups is 1. The van der Waals surface area contributed by atoms with Gasteiger partial charge in [-0.15, -0.1) is 11.8 Å². The summed E-state index contributed by atoms with van der Waals surface area (Å²) in [5, 5.41) is 18.2. The predicted octanol–water partition coefficient (Wildman–Crippen LogP) is -2.47. The summed E-state index contributed by atoms with van der Waals surface area (Å²) in [7, 11) is 1.24. The Morgan fingerprint density at radius 3 is 2.76 bits per heavy atom. The van der Waals surface area contributed by atoms with Crippen LogP contribution in [-0.4, -0.2) is 72.8 Å². The summed E-state index contributed by atoms with van der Waals surface area (Å²) in [6, 6.07) is 0.535. The molecule has 18 heteroatoms. The number of aromatic nitrogens is 4. The van der Waals surface area contributed by atoms with E-state index in [-0.39, 0.29) is 39.7 Å². The van der Waals surface area contributed by atoms with Gasteiger partial charge in [-0.3, -0.25) is 14.5 Å². The van der Waals surface area contributed by atoms with Crippen LogP contribution >= 0.6 is 35.1 Å². The molecule has 7 N–H and O–H groups in total. The van der Waals surface area contributed by atoms with Gasteiger partial charge in [0.2, 0.25) is 23.2 Å². The Morgan fingerprint density at radius 1 is 1.38 bits per heavy atom. The number of anilines is 3. The molecule has 37 heavy (non-hydrogen) atoms. The van der Waals surface area contributed by atoms with Gasteiger partial charge in [0.05, 0.1) is 24.3 Å². The molecular formula is C19H22N10O5S3. The van der Waals surface area contributed by atoms with E-state index in [1.807, 2.05) is 6.92 Å². The summed E-state index contributed by atoms with van der Waals surface area (Å²) in [6.45, 7) is 2.43. The van der Waals surface area contributed by atoms with Gasteiger partial charge >= 0.3 is 5.16 Å². The Balaban J connectivity index is 1.52. The fourth-order valence-electron chi connectivity index (χ4n) is 3.72. The van der Waals surface area contributed by atoms with Gasteiger partial charge in [0, 0.05) is 23.0 Å². The van der Waals surface area contributed by atoms with E-state index >= 15 is 0 Å². The number of aliphatic carboxylic acids is 1. The zero-order valence-corrected chi connectivity index (χ0v) is 22.0. The molecule has 4 heterocycles. The second-order valence-electron chi connectivity index (χ2n) is 7.60. The molecule has 1 saturated heterocycles. The molecule has 0 aromatic carbocycles. The van der Waals surface area contributed by atoms with E-state index in [4.69, 9.17) is 22.0 Å². The predicted molar refractivity (Wildman–Crippen MR) is 135 cm³/mol. The van der Waals surface area contributed by atoms with Crippen LogP contribution in [-0.2, 0) is 25.8 Å². The van der Waals surface area contributed by atoms with E-state index in [9.17, 15) is 19.5 Å². The number of thioether (sulfide) groups is 2. The van der Waals surface area contributed by atoms with Crippen molar-refractivity contribution < 1.29 is 28.9 Å². The SMILES string of the molecule is CC[n+]1c(N)cc(N)nc1SCC1=C(C(=O)[O-])N2C(=O)C(NC(=O)/C(=N\OC)c3nsc(N)n3)[C@H]2SC1. The molecule has 0 bridgehead atoms. The summed E-state index contributed by atoms with van der Waals surface area (Å²) in [6.07, 6.45) is 0. The zero-order valence-electron chi connectivity index (χ0n) is 19.5. The highest BCUT2D eigenvalue weighted by Gasteiger charge is 2.53. The topological polar surface area (TPSA) is 232 Å². The summed E-state index contributed by atoms with van der Waals surface area (Å²) < 4.78 is 5.68. The number of nitrogens with zero attached hydrogens (tertiary/aromatic N) is 6. The zero-order chi connectivity index (χ0) is 26.9. The van der Waals surface area contributed by atoms with Crippen molar-refractivity contribution >= 4 is 75.3 Å². The number of nitrogen functional groups attached to an aromatic ring is 3. The molecule has 0 radical (unpaired) electrons. The fourth-order valence-corrected chi connectivity index (χ4v) is 6.73. The second-order valence-corrected chi connectivity index (χ2v) is 10.4. The molecule has 2 aromatic heterocycles. The van der Waals surface area contributed by atoms with Gasteiger partial charge in [-0.05, 0) is 24.3 Å². The first-order valence-electron chi connectivity index (χ1n) is 10.6. The average Bonchev–Trinajstić information content (AvgIpc) is 3.28. The van der Waals surface area contributed by atoms with Crippen LogP contribution in [0.15, 0.2) is 27.6 Å². The van der Waals surface area contributed by atoms with Crippen LogP contribution in [0.25, 0.3) is 0 Å². The summed E-state index contributed by atoms with van der Waals surface area (Å²) in [5.41, 5.74) is 17.4. The van der Waals surface area contributed by atoms with Crippen LogP contribution in [0.1, 0.15) is 12.7 Å². The monoisotopic (exact) mass is 566 g/mol. The van der Waals surface area contributed by atoms with Gasteiger partial charge in [-0.25, -0.2) is 4.57 Å². The lowest BCUT2D eigenvalue weighted by atomic mass is 10.0. The molecule has 2 amide bonds. The van der Waals surface area contributed by atoms with Crippen LogP contribution in [0.5, 0.6) is 0 Å². The lowest BCUT2D eigenvalue weighted by Gasteiger charge is -2.50. The number of nitrogens with one attached hydrogen (secondary N) is 1. The van der Waals surface area contributed by atoms with Gasteiger partial charge in [0.15, 0.2) is 5.13 Å². The second kappa shape index (κ2) is 10.8. The van der Waals surface area contributed by atoms with E-state index in [2.05, 4.69) is 24.8 Å². The number of carboxylic acid groups (broad SMARTS) is 1. The summed E-state index contributed by atoms with van der Waals surface area (Å²) in [5.74, 6) is -1.78. The molecule has 2 atom stereocenters. The maximum atomic E-state index is 13.0. The molecule has 15 nitrogen and oxygen atoms in total. The summed E-state index contributed by atoms with van der Waals surface area (Å²) in [4.78, 5) is 51.9. The van der Waals surface area contributed by atoms with Crippen molar-refractivity contribution in [3.63, 3.8) is 0 Å². The minimum Gasteiger partial charge on any atom is -0.543 e. The number of nitrogens with two attached hydrogens (primary N) is 3. The Kier molecular flexibility index (Phi) is 7.69. The van der Waals surface area contributed by atoms with Gasteiger partial charge in [0.1, 0.15) is 18.5 Å². The van der Waals surface area contributed by atoms with Crippen LogP contribution in [0, 0.1) is 0 Å². The van der Waals surface area contributed by atoms with E-state index < -0.39 is 29.2 Å². The number of amides is 2.